The van der Waals surface area contributed by atoms with Crippen molar-refractivity contribution in [2.75, 3.05) is 25.0 Å². The van der Waals surface area contributed by atoms with Crippen LogP contribution in [-0.2, 0) is 0 Å². The molecule has 18 heavy (non-hydrogen) atoms. The summed E-state index contributed by atoms with van der Waals surface area (Å²) in [5.41, 5.74) is 2.19. The quantitative estimate of drug-likeness (QED) is 0.780. The van der Waals surface area contributed by atoms with Gasteiger partial charge in [-0.2, -0.15) is 0 Å². The van der Waals surface area contributed by atoms with E-state index in [0.29, 0.717) is 0 Å². The van der Waals surface area contributed by atoms with Crippen molar-refractivity contribution in [3.05, 3.63) is 29.9 Å². The van der Waals surface area contributed by atoms with Crippen molar-refractivity contribution < 1.29 is 0 Å². The molecule has 0 fully saturated rings. The highest BCUT2D eigenvalue weighted by atomic mass is 15.3. The van der Waals surface area contributed by atoms with Crippen molar-refractivity contribution in [3.8, 4) is 0 Å². The number of nitrogens with zero attached hydrogens (tertiary/aromatic N) is 4. The zero-order chi connectivity index (χ0) is 12.4. The van der Waals surface area contributed by atoms with Gasteiger partial charge in [-0.1, -0.05) is 11.6 Å². The maximum absolute atomic E-state index is 4.33. The molecule has 0 unspecified atom stereocenters. The zero-order valence-corrected chi connectivity index (χ0v) is 10.3. The van der Waals surface area contributed by atoms with Crippen LogP contribution in [0.4, 0.5) is 5.82 Å². The molecule has 94 valence electrons. The lowest BCUT2D eigenvalue weighted by Crippen LogP contribution is -2.23. The van der Waals surface area contributed by atoms with Gasteiger partial charge in [-0.3, -0.25) is 4.40 Å². The lowest BCUT2D eigenvalue weighted by atomic mass is 10.1. The van der Waals surface area contributed by atoms with Crippen molar-refractivity contribution in [2.24, 2.45) is 0 Å². The molecule has 3 heterocycles. The molecule has 3 rings (SSSR count). The van der Waals surface area contributed by atoms with Crippen molar-refractivity contribution in [1.29, 1.82) is 0 Å². The van der Waals surface area contributed by atoms with Crippen LogP contribution in [0.2, 0.25) is 0 Å². The molecule has 0 radical (unpaired) electrons. The fraction of sp³-hybridized carbons (Fsp3) is 0.417. The van der Waals surface area contributed by atoms with Gasteiger partial charge in [0.25, 0.3) is 0 Å². The van der Waals surface area contributed by atoms with Gasteiger partial charge in [0.2, 0.25) is 5.65 Å². The third-order valence-corrected chi connectivity index (χ3v) is 3.14. The highest BCUT2D eigenvalue weighted by molar-refractivity contribution is 5.62. The fourth-order valence-corrected chi connectivity index (χ4v) is 2.09. The number of anilines is 1. The van der Waals surface area contributed by atoms with Crippen LogP contribution in [0.25, 0.3) is 5.65 Å². The molecule has 0 spiro atoms. The normalized spacial score (nSPS) is 15.7. The fourth-order valence-electron chi connectivity index (χ4n) is 2.09. The van der Waals surface area contributed by atoms with E-state index >= 15 is 0 Å². The van der Waals surface area contributed by atoms with Gasteiger partial charge in [-0.15, -0.1) is 10.2 Å². The maximum atomic E-state index is 4.33. The lowest BCUT2D eigenvalue weighted by Gasteiger charge is -2.14. The Morgan fingerprint density at radius 1 is 1.44 bits per heavy atom. The summed E-state index contributed by atoms with van der Waals surface area (Å²) in [6.45, 7) is 4.76. The molecule has 0 amide bonds. The van der Waals surface area contributed by atoms with Gasteiger partial charge in [-0.25, -0.2) is 4.98 Å². The second kappa shape index (κ2) is 4.73. The molecule has 0 saturated carbocycles. The number of hydrogen-bond donors (Lipinski definition) is 2. The number of aromatic nitrogens is 4. The molecule has 0 saturated heterocycles. The van der Waals surface area contributed by atoms with Gasteiger partial charge in [0, 0.05) is 25.5 Å². The lowest BCUT2D eigenvalue weighted by molar-refractivity contribution is 0.697. The zero-order valence-electron chi connectivity index (χ0n) is 10.3. The Kier molecular flexibility index (Phi) is 2.93. The monoisotopic (exact) mass is 244 g/mol. The van der Waals surface area contributed by atoms with E-state index in [-0.39, 0.29) is 0 Å². The molecule has 2 aromatic heterocycles. The van der Waals surface area contributed by atoms with E-state index in [1.165, 1.54) is 5.57 Å². The van der Waals surface area contributed by atoms with Crippen LogP contribution in [0.15, 0.2) is 24.0 Å². The summed E-state index contributed by atoms with van der Waals surface area (Å²) in [4.78, 5) is 4.33. The minimum Gasteiger partial charge on any atom is -0.363 e. The van der Waals surface area contributed by atoms with Crippen molar-refractivity contribution in [1.82, 2.24) is 24.9 Å². The van der Waals surface area contributed by atoms with Gasteiger partial charge < -0.3 is 10.6 Å². The summed E-state index contributed by atoms with van der Waals surface area (Å²) in [6, 6.07) is 0. The SMILES string of the molecule is Cc1nnc2c(NCC3=CCNCC3)nccn12. The Morgan fingerprint density at radius 3 is 3.22 bits per heavy atom. The molecule has 1 aliphatic heterocycles. The Hall–Kier alpha value is -1.95. The largest absolute Gasteiger partial charge is 0.363 e. The summed E-state index contributed by atoms with van der Waals surface area (Å²) in [6.07, 6.45) is 6.95. The first kappa shape index (κ1) is 11.2. The molecule has 1 aliphatic rings. The van der Waals surface area contributed by atoms with Crippen LogP contribution < -0.4 is 10.6 Å². The minimum atomic E-state index is 0.782. The van der Waals surface area contributed by atoms with Gasteiger partial charge >= 0.3 is 0 Å². The maximum Gasteiger partial charge on any atom is 0.203 e. The smallest absolute Gasteiger partial charge is 0.203 e. The van der Waals surface area contributed by atoms with Crippen molar-refractivity contribution >= 4 is 11.5 Å². The molecule has 6 nitrogen and oxygen atoms in total. The first-order valence-electron chi connectivity index (χ1n) is 6.13. The summed E-state index contributed by atoms with van der Waals surface area (Å²) in [7, 11) is 0. The van der Waals surface area contributed by atoms with Gasteiger partial charge in [0.1, 0.15) is 5.82 Å². The molecular weight excluding hydrogens is 228 g/mol. The van der Waals surface area contributed by atoms with Gasteiger partial charge in [-0.05, 0) is 19.9 Å². The Labute approximate surface area is 105 Å². The highest BCUT2D eigenvalue weighted by Crippen LogP contribution is 2.13. The molecule has 0 aliphatic carbocycles. The first-order valence-corrected chi connectivity index (χ1v) is 6.13. The number of rotatable bonds is 3. The average molecular weight is 244 g/mol. The van der Waals surface area contributed by atoms with E-state index < -0.39 is 0 Å². The Morgan fingerprint density at radius 2 is 2.39 bits per heavy atom. The summed E-state index contributed by atoms with van der Waals surface area (Å²) in [5, 5.41) is 14.8. The number of fused-ring (bicyclic) bond motifs is 1. The minimum absolute atomic E-state index is 0.782. The molecule has 0 atom stereocenters. The van der Waals surface area contributed by atoms with E-state index in [2.05, 4.69) is 31.9 Å². The predicted molar refractivity (Wildman–Crippen MR) is 69.6 cm³/mol. The first-order chi connectivity index (χ1) is 8.84. The van der Waals surface area contributed by atoms with Crippen LogP contribution in [0.3, 0.4) is 0 Å². The van der Waals surface area contributed by atoms with E-state index in [0.717, 1.165) is 43.3 Å². The number of aryl methyl sites for hydroxylation is 1. The second-order valence-electron chi connectivity index (χ2n) is 4.39. The van der Waals surface area contributed by atoms with Crippen LogP contribution in [0.5, 0.6) is 0 Å². The van der Waals surface area contributed by atoms with Crippen LogP contribution in [0, 0.1) is 6.92 Å². The number of nitrogens with one attached hydrogen (secondary N) is 2. The molecular formula is C12H16N6. The topological polar surface area (TPSA) is 67.1 Å². The third kappa shape index (κ3) is 2.06. The summed E-state index contributed by atoms with van der Waals surface area (Å²) < 4.78 is 1.94. The molecule has 2 aromatic rings. The average Bonchev–Trinajstić information content (AvgIpc) is 2.80. The standard InChI is InChI=1S/C12H16N6/c1-9-16-17-12-11(14-6-7-18(9)12)15-8-10-2-4-13-5-3-10/h2,6-7,13H,3-5,8H2,1H3,(H,14,15). The highest BCUT2D eigenvalue weighted by Gasteiger charge is 2.08. The van der Waals surface area contributed by atoms with E-state index in [9.17, 15) is 0 Å². The second-order valence-corrected chi connectivity index (χ2v) is 4.39. The Balaban J connectivity index is 1.80. The van der Waals surface area contributed by atoms with Gasteiger partial charge in [0.15, 0.2) is 5.82 Å². The van der Waals surface area contributed by atoms with E-state index in [1.807, 2.05) is 17.5 Å². The van der Waals surface area contributed by atoms with Crippen molar-refractivity contribution in [3.63, 3.8) is 0 Å². The molecule has 0 bridgehead atoms. The van der Waals surface area contributed by atoms with Crippen LogP contribution in [0.1, 0.15) is 12.2 Å². The van der Waals surface area contributed by atoms with Crippen molar-refractivity contribution in [2.45, 2.75) is 13.3 Å². The van der Waals surface area contributed by atoms with Gasteiger partial charge in [0.05, 0.1) is 0 Å². The van der Waals surface area contributed by atoms with E-state index in [1.54, 1.807) is 6.20 Å². The molecule has 0 aromatic carbocycles. The number of hydrogen-bond acceptors (Lipinski definition) is 5. The van der Waals surface area contributed by atoms with Crippen LogP contribution >= 0.6 is 0 Å². The molecule has 6 heteroatoms. The van der Waals surface area contributed by atoms with Crippen LogP contribution in [-0.4, -0.2) is 39.2 Å². The predicted octanol–water partition coefficient (Wildman–Crippen LogP) is 0.764. The van der Waals surface area contributed by atoms with E-state index in [4.69, 9.17) is 0 Å². The third-order valence-electron chi connectivity index (χ3n) is 3.14. The summed E-state index contributed by atoms with van der Waals surface area (Å²) >= 11 is 0. The Bertz CT molecular complexity index is 585. The summed E-state index contributed by atoms with van der Waals surface area (Å²) in [5.74, 6) is 1.66. The molecule has 2 N–H and O–H groups in total.